The molecule has 0 radical (unpaired) electrons. The normalized spacial score (nSPS) is 12.4. The fourth-order valence-electron chi connectivity index (χ4n) is 2.08. The van der Waals surface area contributed by atoms with Crippen LogP contribution in [-0.2, 0) is 6.42 Å². The molecule has 1 atom stereocenters. The number of hydrogen-bond donors (Lipinski definition) is 1. The van der Waals surface area contributed by atoms with Crippen molar-refractivity contribution < 1.29 is 4.39 Å². The van der Waals surface area contributed by atoms with Crippen LogP contribution in [-0.4, -0.2) is 7.05 Å². The lowest BCUT2D eigenvalue weighted by atomic mass is 9.99. The van der Waals surface area contributed by atoms with Gasteiger partial charge in [0.05, 0.1) is 10.0 Å². The first kappa shape index (κ1) is 15.8. The van der Waals surface area contributed by atoms with Crippen molar-refractivity contribution in [2.75, 3.05) is 7.05 Å². The van der Waals surface area contributed by atoms with Gasteiger partial charge in [0.2, 0.25) is 0 Å². The summed E-state index contributed by atoms with van der Waals surface area (Å²) in [7, 11) is 1.83. The maximum atomic E-state index is 13.4. The van der Waals surface area contributed by atoms with Gasteiger partial charge in [-0.15, -0.1) is 0 Å². The Balaban J connectivity index is 2.34. The van der Waals surface area contributed by atoms with Crippen LogP contribution in [0, 0.1) is 5.82 Å². The lowest BCUT2D eigenvalue weighted by Crippen LogP contribution is -2.19. The minimum absolute atomic E-state index is 0.0592. The molecular weight excluding hydrogens is 364 g/mol. The van der Waals surface area contributed by atoms with E-state index >= 15 is 0 Å². The number of likely N-dealkylation sites (N-methyl/N-ethyl adjacent to an activating group) is 1. The summed E-state index contributed by atoms with van der Waals surface area (Å²) in [5, 5.41) is 4.25. The van der Waals surface area contributed by atoms with Gasteiger partial charge in [-0.1, -0.05) is 51.3 Å². The SMILES string of the molecule is CNC(Cc1cccc(Cl)c1Cl)c1cc(F)ccc1Br. The summed E-state index contributed by atoms with van der Waals surface area (Å²) in [6.07, 6.45) is 0.623. The van der Waals surface area contributed by atoms with Gasteiger partial charge in [-0.3, -0.25) is 0 Å². The molecule has 2 rings (SSSR count). The van der Waals surface area contributed by atoms with Gasteiger partial charge in [0.15, 0.2) is 0 Å². The van der Waals surface area contributed by atoms with Crippen LogP contribution in [0.2, 0.25) is 10.0 Å². The summed E-state index contributed by atoms with van der Waals surface area (Å²) in [4.78, 5) is 0. The Morgan fingerprint density at radius 2 is 2.00 bits per heavy atom. The first-order valence-corrected chi connectivity index (χ1v) is 7.63. The standard InChI is InChI=1S/C15H13BrCl2FN/c1-20-14(11-8-10(19)5-6-12(11)16)7-9-3-2-4-13(17)15(9)18/h2-6,8,14,20H,7H2,1H3. The molecule has 0 fully saturated rings. The average molecular weight is 377 g/mol. The minimum Gasteiger partial charge on any atom is -0.313 e. The van der Waals surface area contributed by atoms with Crippen molar-refractivity contribution in [1.29, 1.82) is 0 Å². The molecule has 0 heterocycles. The average Bonchev–Trinajstić information content (AvgIpc) is 2.43. The second kappa shape index (κ2) is 6.90. The zero-order valence-corrected chi connectivity index (χ0v) is 13.9. The molecule has 0 saturated carbocycles. The van der Waals surface area contributed by atoms with Gasteiger partial charge >= 0.3 is 0 Å². The highest BCUT2D eigenvalue weighted by Gasteiger charge is 2.16. The van der Waals surface area contributed by atoms with Gasteiger partial charge in [-0.25, -0.2) is 4.39 Å². The highest BCUT2D eigenvalue weighted by atomic mass is 79.9. The van der Waals surface area contributed by atoms with Crippen molar-refractivity contribution in [2.45, 2.75) is 12.5 Å². The van der Waals surface area contributed by atoms with E-state index in [0.29, 0.717) is 16.5 Å². The molecule has 2 aromatic rings. The van der Waals surface area contributed by atoms with Crippen LogP contribution in [0.5, 0.6) is 0 Å². The maximum Gasteiger partial charge on any atom is 0.123 e. The Morgan fingerprint density at radius 3 is 2.70 bits per heavy atom. The summed E-state index contributed by atoms with van der Waals surface area (Å²) in [6.45, 7) is 0. The molecule has 20 heavy (non-hydrogen) atoms. The predicted molar refractivity (Wildman–Crippen MR) is 86.1 cm³/mol. The molecule has 0 aliphatic carbocycles. The summed E-state index contributed by atoms with van der Waals surface area (Å²) in [5.41, 5.74) is 1.78. The van der Waals surface area contributed by atoms with Gasteiger partial charge in [-0.2, -0.15) is 0 Å². The van der Waals surface area contributed by atoms with E-state index < -0.39 is 0 Å². The quantitative estimate of drug-likeness (QED) is 0.753. The third-order valence-corrected chi connectivity index (χ3v) is 4.72. The topological polar surface area (TPSA) is 12.0 Å². The van der Waals surface area contributed by atoms with Crippen LogP contribution in [0.1, 0.15) is 17.2 Å². The first-order chi connectivity index (χ1) is 9.52. The van der Waals surface area contributed by atoms with Crippen molar-refractivity contribution in [3.63, 3.8) is 0 Å². The monoisotopic (exact) mass is 375 g/mol. The molecule has 0 bridgehead atoms. The van der Waals surface area contributed by atoms with E-state index in [1.807, 2.05) is 19.2 Å². The summed E-state index contributed by atoms with van der Waals surface area (Å²) >= 11 is 15.7. The molecule has 0 spiro atoms. The van der Waals surface area contributed by atoms with E-state index in [9.17, 15) is 4.39 Å². The zero-order chi connectivity index (χ0) is 14.7. The smallest absolute Gasteiger partial charge is 0.123 e. The Morgan fingerprint density at radius 1 is 1.25 bits per heavy atom. The lowest BCUT2D eigenvalue weighted by molar-refractivity contribution is 0.575. The number of rotatable bonds is 4. The maximum absolute atomic E-state index is 13.4. The number of halogens is 4. The van der Waals surface area contributed by atoms with Crippen molar-refractivity contribution in [1.82, 2.24) is 5.32 Å². The second-order valence-corrected chi connectivity index (χ2v) is 6.06. The number of nitrogens with one attached hydrogen (secondary N) is 1. The Kier molecular flexibility index (Phi) is 5.44. The molecule has 0 aliphatic rings. The fraction of sp³-hybridized carbons (Fsp3) is 0.200. The molecule has 0 aliphatic heterocycles. The molecule has 0 amide bonds. The Bertz CT molecular complexity index is 619. The molecule has 106 valence electrons. The Labute approximate surface area is 136 Å². The molecular formula is C15H13BrCl2FN. The van der Waals surface area contributed by atoms with Crippen molar-refractivity contribution >= 4 is 39.1 Å². The molecule has 0 saturated heterocycles. The highest BCUT2D eigenvalue weighted by molar-refractivity contribution is 9.10. The van der Waals surface area contributed by atoms with E-state index in [1.54, 1.807) is 12.1 Å². The molecule has 1 N–H and O–H groups in total. The van der Waals surface area contributed by atoms with Crippen LogP contribution in [0.15, 0.2) is 40.9 Å². The van der Waals surface area contributed by atoms with E-state index in [0.717, 1.165) is 15.6 Å². The van der Waals surface area contributed by atoms with Crippen LogP contribution in [0.25, 0.3) is 0 Å². The first-order valence-electron chi connectivity index (χ1n) is 6.08. The van der Waals surface area contributed by atoms with Crippen molar-refractivity contribution in [2.24, 2.45) is 0 Å². The van der Waals surface area contributed by atoms with Gasteiger partial charge in [-0.05, 0) is 48.9 Å². The summed E-state index contributed by atoms with van der Waals surface area (Å²) < 4.78 is 14.3. The van der Waals surface area contributed by atoms with Crippen molar-refractivity contribution in [3.05, 3.63) is 67.9 Å². The van der Waals surface area contributed by atoms with E-state index in [1.165, 1.54) is 12.1 Å². The van der Waals surface area contributed by atoms with E-state index in [4.69, 9.17) is 23.2 Å². The van der Waals surface area contributed by atoms with Gasteiger partial charge < -0.3 is 5.32 Å². The third kappa shape index (κ3) is 3.53. The lowest BCUT2D eigenvalue weighted by Gasteiger charge is -2.19. The Hall–Kier alpha value is -0.610. The van der Waals surface area contributed by atoms with E-state index in [-0.39, 0.29) is 11.9 Å². The third-order valence-electron chi connectivity index (χ3n) is 3.14. The van der Waals surface area contributed by atoms with Crippen LogP contribution in [0.4, 0.5) is 4.39 Å². The molecule has 1 nitrogen and oxygen atoms in total. The summed E-state index contributed by atoms with van der Waals surface area (Å²) in [6, 6.07) is 10.1. The molecule has 1 unspecified atom stereocenters. The van der Waals surface area contributed by atoms with Gasteiger partial charge in [0, 0.05) is 10.5 Å². The predicted octanol–water partition coefficient (Wildman–Crippen LogP) is 5.40. The second-order valence-electron chi connectivity index (χ2n) is 4.42. The highest BCUT2D eigenvalue weighted by Crippen LogP contribution is 2.31. The number of benzene rings is 2. The largest absolute Gasteiger partial charge is 0.313 e. The van der Waals surface area contributed by atoms with Crippen LogP contribution < -0.4 is 5.32 Å². The van der Waals surface area contributed by atoms with Gasteiger partial charge in [0.1, 0.15) is 5.82 Å². The summed E-state index contributed by atoms with van der Waals surface area (Å²) in [5.74, 6) is -0.263. The minimum atomic E-state index is -0.263. The molecule has 2 aromatic carbocycles. The zero-order valence-electron chi connectivity index (χ0n) is 10.8. The van der Waals surface area contributed by atoms with Crippen LogP contribution in [0.3, 0.4) is 0 Å². The number of hydrogen-bond acceptors (Lipinski definition) is 1. The molecule has 5 heteroatoms. The van der Waals surface area contributed by atoms with E-state index in [2.05, 4.69) is 21.2 Å². The van der Waals surface area contributed by atoms with Gasteiger partial charge in [0.25, 0.3) is 0 Å². The van der Waals surface area contributed by atoms with Crippen molar-refractivity contribution in [3.8, 4) is 0 Å². The molecule has 0 aromatic heterocycles. The van der Waals surface area contributed by atoms with Crippen LogP contribution >= 0.6 is 39.1 Å². The fourth-order valence-corrected chi connectivity index (χ4v) is 3.00.